The van der Waals surface area contributed by atoms with Gasteiger partial charge in [0.25, 0.3) is 0 Å². The number of benzene rings is 3. The van der Waals surface area contributed by atoms with Crippen LogP contribution in [0.25, 0.3) is 22.0 Å². The zero-order valence-electron chi connectivity index (χ0n) is 15.4. The van der Waals surface area contributed by atoms with Gasteiger partial charge in [-0.2, -0.15) is 0 Å². The van der Waals surface area contributed by atoms with Crippen LogP contribution in [0, 0.1) is 6.92 Å². The molecule has 0 aliphatic heterocycles. The maximum Gasteiger partial charge on any atom is 0.130 e. The van der Waals surface area contributed by atoms with Crippen molar-refractivity contribution in [3.63, 3.8) is 0 Å². The SMILES string of the molecule is Cc1ccc(-c2cc(NCC(O)c3ccc4ccccc4c3)ncn2)cc1Cl. The molecule has 4 nitrogen and oxygen atoms in total. The van der Waals surface area contributed by atoms with Gasteiger partial charge in [0, 0.05) is 23.2 Å². The molecule has 0 bridgehead atoms. The van der Waals surface area contributed by atoms with Gasteiger partial charge in [0.15, 0.2) is 0 Å². The van der Waals surface area contributed by atoms with E-state index in [1.807, 2.05) is 67.6 Å². The molecule has 1 atom stereocenters. The molecular formula is C23H20ClN3O. The number of aliphatic hydroxyl groups excluding tert-OH is 1. The highest BCUT2D eigenvalue weighted by atomic mass is 35.5. The number of nitrogens with one attached hydrogen (secondary N) is 1. The molecule has 0 saturated heterocycles. The Bertz CT molecular complexity index is 1130. The van der Waals surface area contributed by atoms with Crippen molar-refractivity contribution in [1.82, 2.24) is 9.97 Å². The summed E-state index contributed by atoms with van der Waals surface area (Å²) in [5, 5.41) is 16.7. The molecule has 0 aliphatic carbocycles. The van der Waals surface area contributed by atoms with Crippen LogP contribution < -0.4 is 5.32 Å². The topological polar surface area (TPSA) is 58.0 Å². The van der Waals surface area contributed by atoms with Crippen molar-refractivity contribution in [2.45, 2.75) is 13.0 Å². The third kappa shape index (κ3) is 3.98. The van der Waals surface area contributed by atoms with Crippen LogP contribution >= 0.6 is 11.6 Å². The zero-order valence-corrected chi connectivity index (χ0v) is 16.2. The number of nitrogens with zero attached hydrogens (tertiary/aromatic N) is 2. The second kappa shape index (κ2) is 7.97. The van der Waals surface area contributed by atoms with E-state index in [1.165, 1.54) is 6.33 Å². The fraction of sp³-hybridized carbons (Fsp3) is 0.130. The maximum absolute atomic E-state index is 10.6. The van der Waals surface area contributed by atoms with Gasteiger partial charge in [0.2, 0.25) is 0 Å². The van der Waals surface area contributed by atoms with Gasteiger partial charge in [-0.05, 0) is 41.0 Å². The van der Waals surface area contributed by atoms with E-state index in [9.17, 15) is 5.11 Å². The summed E-state index contributed by atoms with van der Waals surface area (Å²) in [5.74, 6) is 0.654. The minimum atomic E-state index is -0.642. The quantitative estimate of drug-likeness (QED) is 0.479. The molecule has 3 aromatic carbocycles. The highest BCUT2D eigenvalue weighted by Gasteiger charge is 2.10. The van der Waals surface area contributed by atoms with Gasteiger partial charge in [0.1, 0.15) is 12.1 Å². The van der Waals surface area contributed by atoms with Gasteiger partial charge in [-0.25, -0.2) is 9.97 Å². The summed E-state index contributed by atoms with van der Waals surface area (Å²) in [5.41, 5.74) is 3.60. The van der Waals surface area contributed by atoms with Crippen molar-refractivity contribution < 1.29 is 5.11 Å². The standard InChI is InChI=1S/C23H20ClN3O/c1-15-6-7-18(11-20(15)24)21-12-23(27-14-26-21)25-13-22(28)19-9-8-16-4-2-3-5-17(16)10-19/h2-12,14,22,28H,13H2,1H3,(H,25,26,27). The fourth-order valence-electron chi connectivity index (χ4n) is 3.10. The van der Waals surface area contributed by atoms with Crippen LogP contribution in [0.5, 0.6) is 0 Å². The Hall–Kier alpha value is -2.95. The summed E-state index contributed by atoms with van der Waals surface area (Å²) < 4.78 is 0. The van der Waals surface area contributed by atoms with Crippen LogP contribution in [0.3, 0.4) is 0 Å². The summed E-state index contributed by atoms with van der Waals surface area (Å²) >= 11 is 6.22. The van der Waals surface area contributed by atoms with Gasteiger partial charge >= 0.3 is 0 Å². The van der Waals surface area contributed by atoms with E-state index < -0.39 is 6.10 Å². The van der Waals surface area contributed by atoms with Crippen molar-refractivity contribution in [1.29, 1.82) is 0 Å². The molecule has 4 rings (SSSR count). The Kier molecular flexibility index (Phi) is 5.24. The Balaban J connectivity index is 1.48. The molecule has 0 radical (unpaired) electrons. The molecule has 0 fully saturated rings. The summed E-state index contributed by atoms with van der Waals surface area (Å²) in [6.07, 6.45) is 0.866. The number of aryl methyl sites for hydroxylation is 1. The highest BCUT2D eigenvalue weighted by Crippen LogP contribution is 2.25. The van der Waals surface area contributed by atoms with Crippen LogP contribution in [-0.4, -0.2) is 21.6 Å². The van der Waals surface area contributed by atoms with Crippen LogP contribution in [0.2, 0.25) is 5.02 Å². The number of anilines is 1. The van der Waals surface area contributed by atoms with Gasteiger partial charge in [0.05, 0.1) is 11.8 Å². The fourth-order valence-corrected chi connectivity index (χ4v) is 3.28. The lowest BCUT2D eigenvalue weighted by Gasteiger charge is -2.14. The van der Waals surface area contributed by atoms with Crippen LogP contribution in [0.15, 0.2) is 73.1 Å². The lowest BCUT2D eigenvalue weighted by molar-refractivity contribution is 0.191. The van der Waals surface area contributed by atoms with Gasteiger partial charge in [-0.1, -0.05) is 60.1 Å². The minimum absolute atomic E-state index is 0.351. The normalized spacial score (nSPS) is 12.1. The summed E-state index contributed by atoms with van der Waals surface area (Å²) in [6, 6.07) is 21.8. The Morgan fingerprint density at radius 2 is 1.79 bits per heavy atom. The van der Waals surface area contributed by atoms with E-state index in [4.69, 9.17) is 11.6 Å². The molecule has 0 spiro atoms. The average Bonchev–Trinajstić information content (AvgIpc) is 2.74. The number of hydrogen-bond donors (Lipinski definition) is 2. The number of aliphatic hydroxyl groups is 1. The first kappa shape index (κ1) is 18.4. The summed E-state index contributed by atoms with van der Waals surface area (Å²) in [6.45, 7) is 2.32. The third-order valence-corrected chi connectivity index (χ3v) is 5.18. The van der Waals surface area contributed by atoms with E-state index in [2.05, 4.69) is 21.4 Å². The maximum atomic E-state index is 10.6. The molecule has 0 amide bonds. The molecule has 28 heavy (non-hydrogen) atoms. The lowest BCUT2D eigenvalue weighted by Crippen LogP contribution is -2.13. The molecule has 2 N–H and O–H groups in total. The second-order valence-corrected chi connectivity index (χ2v) is 7.16. The highest BCUT2D eigenvalue weighted by molar-refractivity contribution is 6.31. The molecule has 1 aromatic heterocycles. The van der Waals surface area contributed by atoms with Crippen molar-refractivity contribution in [2.24, 2.45) is 0 Å². The lowest BCUT2D eigenvalue weighted by atomic mass is 10.0. The average molecular weight is 390 g/mol. The monoisotopic (exact) mass is 389 g/mol. The van der Waals surface area contributed by atoms with Crippen LogP contribution in [0.1, 0.15) is 17.2 Å². The van der Waals surface area contributed by atoms with E-state index >= 15 is 0 Å². The Labute approximate surface area is 168 Å². The molecule has 0 aliphatic rings. The first-order valence-electron chi connectivity index (χ1n) is 9.09. The predicted molar refractivity (Wildman–Crippen MR) is 115 cm³/mol. The largest absolute Gasteiger partial charge is 0.387 e. The van der Waals surface area contributed by atoms with E-state index in [0.29, 0.717) is 17.4 Å². The molecule has 1 unspecified atom stereocenters. The van der Waals surface area contributed by atoms with E-state index in [1.54, 1.807) is 0 Å². The molecule has 5 heteroatoms. The van der Waals surface area contributed by atoms with Gasteiger partial charge in [-0.3, -0.25) is 0 Å². The molecule has 1 heterocycles. The van der Waals surface area contributed by atoms with E-state index in [0.717, 1.165) is 33.2 Å². The van der Waals surface area contributed by atoms with Crippen molar-refractivity contribution >= 4 is 28.2 Å². The number of hydrogen-bond acceptors (Lipinski definition) is 4. The van der Waals surface area contributed by atoms with Crippen LogP contribution in [0.4, 0.5) is 5.82 Å². The second-order valence-electron chi connectivity index (χ2n) is 6.76. The number of halogens is 1. The summed E-state index contributed by atoms with van der Waals surface area (Å²) in [7, 11) is 0. The molecule has 0 saturated carbocycles. The molecule has 140 valence electrons. The number of aromatic nitrogens is 2. The van der Waals surface area contributed by atoms with E-state index in [-0.39, 0.29) is 0 Å². The number of rotatable bonds is 5. The van der Waals surface area contributed by atoms with Crippen LogP contribution in [-0.2, 0) is 0 Å². The minimum Gasteiger partial charge on any atom is -0.387 e. The summed E-state index contributed by atoms with van der Waals surface area (Å²) in [4.78, 5) is 8.58. The molecular weight excluding hydrogens is 370 g/mol. The zero-order chi connectivity index (χ0) is 19.5. The Morgan fingerprint density at radius 3 is 2.61 bits per heavy atom. The smallest absolute Gasteiger partial charge is 0.130 e. The van der Waals surface area contributed by atoms with Crippen molar-refractivity contribution in [3.05, 3.63) is 89.2 Å². The first-order valence-corrected chi connectivity index (χ1v) is 9.47. The van der Waals surface area contributed by atoms with Gasteiger partial charge < -0.3 is 10.4 Å². The van der Waals surface area contributed by atoms with Crippen molar-refractivity contribution in [2.75, 3.05) is 11.9 Å². The molecule has 4 aromatic rings. The predicted octanol–water partition coefficient (Wildman–Crippen LogP) is 5.40. The van der Waals surface area contributed by atoms with Gasteiger partial charge in [-0.15, -0.1) is 0 Å². The third-order valence-electron chi connectivity index (χ3n) is 4.77. The first-order chi connectivity index (χ1) is 13.6. The number of fused-ring (bicyclic) bond motifs is 1. The Morgan fingerprint density at radius 1 is 0.964 bits per heavy atom. The van der Waals surface area contributed by atoms with Crippen molar-refractivity contribution in [3.8, 4) is 11.3 Å².